The quantitative estimate of drug-likeness (QED) is 0.216. The van der Waals surface area contributed by atoms with Gasteiger partial charge in [0.2, 0.25) is 0 Å². The Morgan fingerprint density at radius 1 is 0.946 bits per heavy atom. The minimum absolute atomic E-state index is 0.400. The van der Waals surface area contributed by atoms with E-state index in [-0.39, 0.29) is 0 Å². The highest BCUT2D eigenvalue weighted by atomic mass is 35.5. The van der Waals surface area contributed by atoms with Crippen molar-refractivity contribution in [3.8, 4) is 5.75 Å². The fraction of sp³-hybridized carbons (Fsp3) is 0.267. The predicted molar refractivity (Wildman–Crippen MR) is 149 cm³/mol. The maximum Gasteiger partial charge on any atom is 0.150 e. The predicted octanol–water partition coefficient (Wildman–Crippen LogP) is 5.61. The lowest BCUT2D eigenvalue weighted by Gasteiger charge is -2.24. The summed E-state index contributed by atoms with van der Waals surface area (Å²) in [5, 5.41) is 5.52. The van der Waals surface area contributed by atoms with Crippen LogP contribution in [0.5, 0.6) is 5.75 Å². The monoisotopic (exact) mass is 516 g/mol. The van der Waals surface area contributed by atoms with Crippen LogP contribution in [0.25, 0.3) is 0 Å². The SMILES string of the molecule is Cc1cc(N(C)CCN(CC=O)Cc2ccccc2)nn1Cc1cc(Cl)ccc1OCc1ccccc1. The molecule has 4 aromatic rings. The maximum atomic E-state index is 11.2. The van der Waals surface area contributed by atoms with Crippen molar-refractivity contribution in [3.63, 3.8) is 0 Å². The first kappa shape index (κ1) is 26.5. The van der Waals surface area contributed by atoms with E-state index in [4.69, 9.17) is 21.4 Å². The van der Waals surface area contributed by atoms with Crippen LogP contribution in [-0.2, 0) is 24.5 Å². The lowest BCUT2D eigenvalue weighted by atomic mass is 10.2. The fourth-order valence-electron chi connectivity index (χ4n) is 4.14. The molecule has 0 fully saturated rings. The van der Waals surface area contributed by atoms with Crippen molar-refractivity contribution in [1.82, 2.24) is 14.7 Å². The van der Waals surface area contributed by atoms with Gasteiger partial charge in [-0.25, -0.2) is 0 Å². The zero-order valence-electron chi connectivity index (χ0n) is 21.4. The Labute approximate surface area is 224 Å². The standard InChI is InChI=1S/C30H33ClN4O2/c1-24-19-30(33(2)15-16-34(17-18-36)21-25-9-5-3-6-10-25)32-35(24)22-27-20-28(31)13-14-29(27)37-23-26-11-7-4-8-12-26/h3-14,18-20H,15-17,21-23H2,1-2H3. The summed E-state index contributed by atoms with van der Waals surface area (Å²) in [5.41, 5.74) is 4.33. The number of carbonyl (C=O) groups excluding carboxylic acids is 1. The fourth-order valence-corrected chi connectivity index (χ4v) is 4.33. The van der Waals surface area contributed by atoms with E-state index in [9.17, 15) is 4.79 Å². The smallest absolute Gasteiger partial charge is 0.150 e. The molecule has 4 rings (SSSR count). The highest BCUT2D eigenvalue weighted by Crippen LogP contribution is 2.26. The summed E-state index contributed by atoms with van der Waals surface area (Å²) in [7, 11) is 2.03. The molecule has 7 heteroatoms. The van der Waals surface area contributed by atoms with Crippen molar-refractivity contribution < 1.29 is 9.53 Å². The van der Waals surface area contributed by atoms with Crippen molar-refractivity contribution >= 4 is 23.7 Å². The van der Waals surface area contributed by atoms with E-state index in [0.717, 1.165) is 54.3 Å². The molecule has 1 heterocycles. The van der Waals surface area contributed by atoms with E-state index >= 15 is 0 Å². The molecular weight excluding hydrogens is 484 g/mol. The molecule has 1 aromatic heterocycles. The molecule has 37 heavy (non-hydrogen) atoms. The van der Waals surface area contributed by atoms with Crippen LogP contribution in [0.15, 0.2) is 84.9 Å². The first-order chi connectivity index (χ1) is 18.0. The highest BCUT2D eigenvalue weighted by Gasteiger charge is 2.14. The highest BCUT2D eigenvalue weighted by molar-refractivity contribution is 6.30. The third-order valence-corrected chi connectivity index (χ3v) is 6.51. The Morgan fingerprint density at radius 2 is 1.65 bits per heavy atom. The molecule has 0 saturated heterocycles. The number of rotatable bonds is 13. The van der Waals surface area contributed by atoms with Crippen molar-refractivity contribution in [2.75, 3.05) is 31.6 Å². The van der Waals surface area contributed by atoms with E-state index in [0.29, 0.717) is 24.7 Å². The van der Waals surface area contributed by atoms with Crippen molar-refractivity contribution in [2.24, 2.45) is 0 Å². The molecular formula is C30H33ClN4O2. The number of ether oxygens (including phenoxy) is 1. The number of halogens is 1. The van der Waals surface area contributed by atoms with Gasteiger partial charge >= 0.3 is 0 Å². The number of nitrogens with zero attached hydrogens (tertiary/aromatic N) is 4. The molecule has 192 valence electrons. The minimum atomic E-state index is 0.400. The molecule has 0 aliphatic carbocycles. The Kier molecular flexibility index (Phi) is 9.35. The lowest BCUT2D eigenvalue weighted by Crippen LogP contribution is -2.34. The zero-order valence-corrected chi connectivity index (χ0v) is 22.1. The molecule has 0 N–H and O–H groups in total. The number of hydrogen-bond acceptors (Lipinski definition) is 5. The van der Waals surface area contributed by atoms with Gasteiger partial charge in [-0.1, -0.05) is 72.3 Å². The second-order valence-electron chi connectivity index (χ2n) is 9.14. The van der Waals surface area contributed by atoms with Gasteiger partial charge in [-0.15, -0.1) is 0 Å². The molecule has 0 aliphatic rings. The van der Waals surface area contributed by atoms with E-state index in [1.807, 2.05) is 85.4 Å². The largest absolute Gasteiger partial charge is 0.489 e. The zero-order chi connectivity index (χ0) is 26.0. The molecule has 0 bridgehead atoms. The number of carbonyl (C=O) groups is 1. The first-order valence-corrected chi connectivity index (χ1v) is 12.8. The second-order valence-corrected chi connectivity index (χ2v) is 9.57. The van der Waals surface area contributed by atoms with E-state index in [2.05, 4.69) is 28.0 Å². The number of aromatic nitrogens is 2. The summed E-state index contributed by atoms with van der Waals surface area (Å²) in [6, 6.07) is 28.1. The molecule has 3 aromatic carbocycles. The molecule has 0 saturated carbocycles. The van der Waals surface area contributed by atoms with Gasteiger partial charge in [0.05, 0.1) is 13.1 Å². The molecule has 6 nitrogen and oxygen atoms in total. The number of benzene rings is 3. The number of likely N-dealkylation sites (N-methyl/N-ethyl adjacent to an activating group) is 1. The van der Waals surface area contributed by atoms with Gasteiger partial charge in [0, 0.05) is 49.0 Å². The van der Waals surface area contributed by atoms with E-state index < -0.39 is 0 Å². The maximum absolute atomic E-state index is 11.2. The van der Waals surface area contributed by atoms with Gasteiger partial charge in [0.1, 0.15) is 18.6 Å². The van der Waals surface area contributed by atoms with Crippen LogP contribution in [0.4, 0.5) is 5.82 Å². The Bertz CT molecular complexity index is 1280. The molecule has 0 radical (unpaired) electrons. The number of aldehydes is 1. The normalized spacial score (nSPS) is 11.0. The third-order valence-electron chi connectivity index (χ3n) is 6.27. The van der Waals surface area contributed by atoms with Gasteiger partial charge in [-0.3, -0.25) is 9.58 Å². The summed E-state index contributed by atoms with van der Waals surface area (Å²) in [5.74, 6) is 1.68. The minimum Gasteiger partial charge on any atom is -0.489 e. The summed E-state index contributed by atoms with van der Waals surface area (Å²) >= 11 is 6.33. The summed E-state index contributed by atoms with van der Waals surface area (Å²) in [6.45, 7) is 5.73. The Balaban J connectivity index is 1.41. The Hall–Kier alpha value is -3.61. The van der Waals surface area contributed by atoms with Crippen LogP contribution in [0.3, 0.4) is 0 Å². The van der Waals surface area contributed by atoms with Crippen LogP contribution >= 0.6 is 11.6 Å². The molecule has 0 unspecified atom stereocenters. The first-order valence-electron chi connectivity index (χ1n) is 12.4. The van der Waals surface area contributed by atoms with Crippen LogP contribution < -0.4 is 9.64 Å². The van der Waals surface area contributed by atoms with Crippen LogP contribution in [0.2, 0.25) is 5.02 Å². The van der Waals surface area contributed by atoms with Crippen molar-refractivity contribution in [2.45, 2.75) is 26.6 Å². The number of anilines is 1. The number of hydrogen-bond donors (Lipinski definition) is 0. The van der Waals surface area contributed by atoms with Gasteiger partial charge in [-0.2, -0.15) is 5.10 Å². The van der Waals surface area contributed by atoms with Gasteiger partial charge < -0.3 is 14.4 Å². The Morgan fingerprint density at radius 3 is 2.35 bits per heavy atom. The third kappa shape index (κ3) is 7.68. The summed E-state index contributed by atoms with van der Waals surface area (Å²) < 4.78 is 8.11. The van der Waals surface area contributed by atoms with Gasteiger partial charge in [0.15, 0.2) is 5.82 Å². The summed E-state index contributed by atoms with van der Waals surface area (Å²) in [6.07, 6.45) is 0.963. The van der Waals surface area contributed by atoms with E-state index in [1.165, 1.54) is 5.56 Å². The van der Waals surface area contributed by atoms with Gasteiger partial charge in [-0.05, 0) is 36.2 Å². The average Bonchev–Trinajstić information content (AvgIpc) is 3.28. The molecule has 0 aliphatic heterocycles. The summed E-state index contributed by atoms with van der Waals surface area (Å²) in [4.78, 5) is 15.5. The molecule has 0 amide bonds. The van der Waals surface area contributed by atoms with E-state index in [1.54, 1.807) is 0 Å². The average molecular weight is 517 g/mol. The lowest BCUT2D eigenvalue weighted by molar-refractivity contribution is -0.108. The van der Waals surface area contributed by atoms with Crippen LogP contribution in [-0.4, -0.2) is 47.6 Å². The van der Waals surface area contributed by atoms with Crippen LogP contribution in [0, 0.1) is 6.92 Å². The topological polar surface area (TPSA) is 50.6 Å². The second kappa shape index (κ2) is 13.1. The molecule has 0 spiro atoms. The van der Waals surface area contributed by atoms with Crippen molar-refractivity contribution in [1.29, 1.82) is 0 Å². The van der Waals surface area contributed by atoms with Crippen LogP contribution in [0.1, 0.15) is 22.4 Å². The molecule has 0 atom stereocenters. The van der Waals surface area contributed by atoms with Crippen molar-refractivity contribution in [3.05, 3.63) is 112 Å². The number of aryl methyl sites for hydroxylation is 1. The van der Waals surface area contributed by atoms with Gasteiger partial charge in [0.25, 0.3) is 0 Å².